The molecule has 5 aliphatic rings. The minimum absolute atomic E-state index is 0.0755. The van der Waals surface area contributed by atoms with Gasteiger partial charge >= 0.3 is 0 Å². The van der Waals surface area contributed by atoms with Gasteiger partial charge in [-0.3, -0.25) is 0 Å². The summed E-state index contributed by atoms with van der Waals surface area (Å²) in [6.45, 7) is 4.82. The predicted octanol–water partition coefficient (Wildman–Crippen LogP) is 14.7. The quantitative estimate of drug-likeness (QED) is 0.160. The summed E-state index contributed by atoms with van der Waals surface area (Å²) in [5.74, 6) is 2.30. The van der Waals surface area contributed by atoms with Crippen LogP contribution < -0.4 is 9.64 Å². The van der Waals surface area contributed by atoms with E-state index >= 15 is 0 Å². The number of hydrogen-bond acceptors (Lipinski definition) is 2. The highest BCUT2D eigenvalue weighted by atomic mass is 16.5. The van der Waals surface area contributed by atoms with Crippen molar-refractivity contribution in [3.63, 3.8) is 0 Å². The molecule has 60 heavy (non-hydrogen) atoms. The number of nitrogens with zero attached hydrogens (tertiary/aromatic N) is 1. The van der Waals surface area contributed by atoms with Crippen LogP contribution in [0.25, 0.3) is 44.7 Å². The topological polar surface area (TPSA) is 12.5 Å². The van der Waals surface area contributed by atoms with Crippen LogP contribution in [0.1, 0.15) is 72.8 Å². The van der Waals surface area contributed by atoms with Crippen molar-refractivity contribution in [1.82, 2.24) is 0 Å². The van der Waals surface area contributed by atoms with E-state index < -0.39 is 0 Å². The van der Waals surface area contributed by atoms with E-state index in [2.05, 4.69) is 207 Å². The SMILES string of the molecule is CC1CC(N(C2=CC(C)C(c3cccc(-c4cccc5c4OC4C=CC=CC54)c3)C=C2)c2ccc(-c3cccc4c3C=CCC4)cc2)CC=C1c1cccc2ccccc12. The molecule has 0 aromatic heterocycles. The second-order valence-corrected chi connectivity index (χ2v) is 17.5. The van der Waals surface area contributed by atoms with Crippen LogP contribution in [-0.4, -0.2) is 12.1 Å². The van der Waals surface area contributed by atoms with Crippen molar-refractivity contribution in [3.8, 4) is 28.0 Å². The van der Waals surface area contributed by atoms with Crippen molar-refractivity contribution in [2.75, 3.05) is 4.90 Å². The first kappa shape index (κ1) is 36.7. The fourth-order valence-corrected chi connectivity index (χ4v) is 10.8. The van der Waals surface area contributed by atoms with E-state index in [1.807, 2.05) is 0 Å². The zero-order valence-electron chi connectivity index (χ0n) is 34.5. The third-order valence-corrected chi connectivity index (χ3v) is 13.8. The molecule has 0 bridgehead atoms. The highest BCUT2D eigenvalue weighted by Crippen LogP contribution is 2.48. The minimum Gasteiger partial charge on any atom is -0.484 e. The Hall–Kier alpha value is -6.38. The Kier molecular flexibility index (Phi) is 9.38. The number of para-hydroxylation sites is 1. The van der Waals surface area contributed by atoms with Gasteiger partial charge in [-0.1, -0.05) is 178 Å². The van der Waals surface area contributed by atoms with Crippen LogP contribution in [0.2, 0.25) is 0 Å². The summed E-state index contributed by atoms with van der Waals surface area (Å²) in [5.41, 5.74) is 15.8. The molecule has 6 atom stereocenters. The maximum atomic E-state index is 6.58. The highest BCUT2D eigenvalue weighted by Gasteiger charge is 2.34. The van der Waals surface area contributed by atoms with Crippen molar-refractivity contribution < 1.29 is 4.74 Å². The first-order chi connectivity index (χ1) is 29.6. The zero-order chi connectivity index (χ0) is 40.2. The lowest BCUT2D eigenvalue weighted by Gasteiger charge is -2.40. The van der Waals surface area contributed by atoms with Crippen LogP contribution in [0.5, 0.6) is 5.75 Å². The van der Waals surface area contributed by atoms with Crippen LogP contribution in [0.4, 0.5) is 5.69 Å². The molecule has 6 aromatic rings. The second-order valence-electron chi connectivity index (χ2n) is 17.5. The van der Waals surface area contributed by atoms with Crippen LogP contribution in [-0.2, 0) is 6.42 Å². The van der Waals surface area contributed by atoms with Crippen molar-refractivity contribution >= 4 is 28.1 Å². The molecule has 0 N–H and O–H groups in total. The molecule has 294 valence electrons. The average molecular weight is 778 g/mol. The number of allylic oxidation sites excluding steroid dienone is 7. The third kappa shape index (κ3) is 6.50. The van der Waals surface area contributed by atoms with Crippen molar-refractivity contribution in [2.45, 2.75) is 63.5 Å². The van der Waals surface area contributed by atoms with Crippen LogP contribution in [0.15, 0.2) is 188 Å². The molecule has 0 amide bonds. The molecule has 1 aliphatic heterocycles. The van der Waals surface area contributed by atoms with E-state index in [0.717, 1.165) is 31.4 Å². The van der Waals surface area contributed by atoms with E-state index in [1.54, 1.807) is 0 Å². The first-order valence-corrected chi connectivity index (χ1v) is 22.1. The molecule has 0 radical (unpaired) electrons. The maximum Gasteiger partial charge on any atom is 0.132 e. The Morgan fingerprint density at radius 1 is 0.667 bits per heavy atom. The molecule has 2 nitrogen and oxygen atoms in total. The van der Waals surface area contributed by atoms with Crippen LogP contribution >= 0.6 is 0 Å². The van der Waals surface area contributed by atoms with Crippen molar-refractivity contribution in [2.24, 2.45) is 11.8 Å². The summed E-state index contributed by atoms with van der Waals surface area (Å²) in [7, 11) is 0. The molecule has 6 aromatic carbocycles. The molecule has 1 heterocycles. The van der Waals surface area contributed by atoms with Gasteiger partial charge in [0.05, 0.1) is 0 Å². The first-order valence-electron chi connectivity index (χ1n) is 22.1. The largest absolute Gasteiger partial charge is 0.484 e. The normalized spacial score (nSPS) is 23.6. The zero-order valence-corrected chi connectivity index (χ0v) is 34.5. The number of aryl methyl sites for hydroxylation is 1. The molecule has 0 fully saturated rings. The van der Waals surface area contributed by atoms with E-state index in [1.165, 1.54) is 77.8 Å². The monoisotopic (exact) mass is 777 g/mol. The lowest BCUT2D eigenvalue weighted by Crippen LogP contribution is -2.38. The molecule has 2 heteroatoms. The van der Waals surface area contributed by atoms with Crippen LogP contribution in [0.3, 0.4) is 0 Å². The summed E-state index contributed by atoms with van der Waals surface area (Å²) < 4.78 is 6.58. The molecule has 6 unspecified atom stereocenters. The van der Waals surface area contributed by atoms with Gasteiger partial charge in [-0.05, 0) is 117 Å². The molecule has 11 rings (SSSR count). The van der Waals surface area contributed by atoms with Gasteiger partial charge in [0.2, 0.25) is 0 Å². The summed E-state index contributed by atoms with van der Waals surface area (Å²) in [5, 5.41) is 2.66. The highest BCUT2D eigenvalue weighted by molar-refractivity contribution is 5.94. The molecule has 4 aliphatic carbocycles. The van der Waals surface area contributed by atoms with Gasteiger partial charge in [0, 0.05) is 40.4 Å². The Bertz CT molecular complexity index is 2810. The second kappa shape index (κ2) is 15.3. The lowest BCUT2D eigenvalue weighted by molar-refractivity contribution is 0.270. The molecule has 0 saturated heterocycles. The maximum absolute atomic E-state index is 6.58. The Morgan fingerprint density at radius 3 is 2.37 bits per heavy atom. The fraction of sp³-hybridized carbons (Fsp3) is 0.207. The molecular formula is C58H51NO. The van der Waals surface area contributed by atoms with E-state index in [9.17, 15) is 0 Å². The Balaban J connectivity index is 0.923. The van der Waals surface area contributed by atoms with Crippen LogP contribution in [0, 0.1) is 11.8 Å². The van der Waals surface area contributed by atoms with Gasteiger partial charge in [0.25, 0.3) is 0 Å². The van der Waals surface area contributed by atoms with E-state index in [-0.39, 0.29) is 17.9 Å². The standard InChI is InChI=1S/C58H51NO/c1-38-35-46(31-33-48(38)43-17-9-18-44(37-43)53-23-12-25-56-55-21-7-8-26-57(55)60-58(53)56)59(45-29-27-42(28-30-45)51-22-10-15-40-13-3-5-19-50(40)51)47-32-34-49(39(2)36-47)54-24-11-16-41-14-4-6-20-52(41)54/h4-12,14-31,33-35,37-39,47-48,55,57H,3,13,32,36H2,1-2H3. The average Bonchev–Trinajstić information content (AvgIpc) is 3.68. The number of anilines is 1. The van der Waals surface area contributed by atoms with Gasteiger partial charge in [-0.15, -0.1) is 0 Å². The number of fused-ring (bicyclic) bond motifs is 5. The fourth-order valence-electron chi connectivity index (χ4n) is 10.8. The summed E-state index contributed by atoms with van der Waals surface area (Å²) in [4.78, 5) is 2.66. The summed E-state index contributed by atoms with van der Waals surface area (Å²) in [6, 6.07) is 48.0. The number of hydrogen-bond donors (Lipinski definition) is 0. The van der Waals surface area contributed by atoms with Gasteiger partial charge in [-0.2, -0.15) is 0 Å². The van der Waals surface area contributed by atoms with Gasteiger partial charge in [0.15, 0.2) is 0 Å². The Labute approximate surface area is 355 Å². The van der Waals surface area contributed by atoms with Crippen molar-refractivity contribution in [3.05, 3.63) is 216 Å². The predicted molar refractivity (Wildman–Crippen MR) is 252 cm³/mol. The molecular weight excluding hydrogens is 727 g/mol. The van der Waals surface area contributed by atoms with Gasteiger partial charge < -0.3 is 9.64 Å². The van der Waals surface area contributed by atoms with Gasteiger partial charge in [-0.25, -0.2) is 0 Å². The van der Waals surface area contributed by atoms with Gasteiger partial charge in [0.1, 0.15) is 11.9 Å². The smallest absolute Gasteiger partial charge is 0.132 e. The summed E-state index contributed by atoms with van der Waals surface area (Å²) >= 11 is 0. The lowest BCUT2D eigenvalue weighted by atomic mass is 9.79. The molecule has 0 saturated carbocycles. The summed E-state index contributed by atoms with van der Waals surface area (Å²) in [6.07, 6.45) is 27.7. The third-order valence-electron chi connectivity index (χ3n) is 13.8. The molecule has 0 spiro atoms. The Morgan fingerprint density at radius 2 is 1.47 bits per heavy atom. The van der Waals surface area contributed by atoms with E-state index in [4.69, 9.17) is 4.74 Å². The number of rotatable bonds is 7. The number of benzene rings is 6. The number of ether oxygens (including phenoxy) is 1. The minimum atomic E-state index is 0.0755. The van der Waals surface area contributed by atoms with Crippen molar-refractivity contribution in [1.29, 1.82) is 0 Å². The van der Waals surface area contributed by atoms with E-state index in [0.29, 0.717) is 17.9 Å².